The van der Waals surface area contributed by atoms with Crippen LogP contribution in [0.15, 0.2) is 23.0 Å². The molecule has 1 heterocycles. The van der Waals surface area contributed by atoms with Crippen LogP contribution in [0.2, 0.25) is 0 Å². The molecule has 2 rings (SSSR count). The van der Waals surface area contributed by atoms with Gasteiger partial charge in [-0.1, -0.05) is 12.2 Å². The third-order valence-electron chi connectivity index (χ3n) is 2.56. The molecule has 1 aromatic rings. The maximum atomic E-state index is 5.11. The first kappa shape index (κ1) is 7.53. The lowest BCUT2D eigenvalue weighted by Crippen LogP contribution is -2.22. The molecule has 0 unspecified atom stereocenters. The van der Waals surface area contributed by atoms with Crippen LogP contribution in [0.25, 0.3) is 0 Å². The van der Waals surface area contributed by atoms with Crippen LogP contribution in [0.4, 0.5) is 0 Å². The predicted molar refractivity (Wildman–Crippen MR) is 44.6 cm³/mol. The molecule has 0 N–H and O–H groups in total. The highest BCUT2D eigenvalue weighted by Gasteiger charge is 2.33. The van der Waals surface area contributed by atoms with Gasteiger partial charge in [-0.3, -0.25) is 0 Å². The Morgan fingerprint density at radius 3 is 2.92 bits per heavy atom. The summed E-state index contributed by atoms with van der Waals surface area (Å²) in [4.78, 5) is 0. The first-order valence-corrected chi connectivity index (χ1v) is 4.19. The minimum Gasteiger partial charge on any atom is -0.428 e. The van der Waals surface area contributed by atoms with E-state index in [9.17, 15) is 0 Å². The lowest BCUT2D eigenvalue weighted by atomic mass is 9.72. The van der Waals surface area contributed by atoms with Gasteiger partial charge in [-0.25, -0.2) is 0 Å². The van der Waals surface area contributed by atoms with E-state index >= 15 is 0 Å². The number of allylic oxidation sites excluding steroid dienone is 1. The minimum atomic E-state index is 0.481. The van der Waals surface area contributed by atoms with Crippen molar-refractivity contribution in [3.8, 4) is 0 Å². The van der Waals surface area contributed by atoms with Crippen LogP contribution in [-0.4, -0.2) is 10.2 Å². The monoisotopic (exact) mass is 164 g/mol. The molecule has 1 aliphatic rings. The molecule has 0 atom stereocenters. The van der Waals surface area contributed by atoms with Crippen molar-refractivity contribution in [3.05, 3.63) is 24.4 Å². The van der Waals surface area contributed by atoms with Gasteiger partial charge in [-0.15, -0.1) is 10.2 Å². The fourth-order valence-electron chi connectivity index (χ4n) is 1.58. The van der Waals surface area contributed by atoms with Crippen LogP contribution < -0.4 is 0 Å². The van der Waals surface area contributed by atoms with E-state index in [0.717, 1.165) is 18.7 Å². The average Bonchev–Trinajstić information content (AvgIpc) is 2.34. The smallest absolute Gasteiger partial charge is 0.219 e. The summed E-state index contributed by atoms with van der Waals surface area (Å²) in [6.07, 6.45) is 3.64. The van der Waals surface area contributed by atoms with Gasteiger partial charge in [0.2, 0.25) is 12.3 Å². The van der Waals surface area contributed by atoms with E-state index < -0.39 is 0 Å². The molecule has 0 spiro atoms. The van der Waals surface area contributed by atoms with Crippen molar-refractivity contribution in [1.82, 2.24) is 10.2 Å². The van der Waals surface area contributed by atoms with Crippen LogP contribution in [-0.2, 0) is 0 Å². The zero-order chi connectivity index (χ0) is 8.55. The molecule has 64 valence electrons. The van der Waals surface area contributed by atoms with Gasteiger partial charge in [-0.2, -0.15) is 0 Å². The summed E-state index contributed by atoms with van der Waals surface area (Å²) in [5, 5.41) is 7.54. The third-order valence-corrected chi connectivity index (χ3v) is 2.56. The van der Waals surface area contributed by atoms with Gasteiger partial charge in [0, 0.05) is 5.92 Å². The fraction of sp³-hybridized carbons (Fsp3) is 0.556. The summed E-state index contributed by atoms with van der Waals surface area (Å²) < 4.78 is 5.11. The molecule has 1 aliphatic carbocycles. The fourth-order valence-corrected chi connectivity index (χ4v) is 1.58. The second kappa shape index (κ2) is 2.73. The Bertz CT molecular complexity index is 273. The number of aromatic nitrogens is 2. The van der Waals surface area contributed by atoms with E-state index in [2.05, 4.69) is 23.7 Å². The Labute approximate surface area is 71.5 Å². The van der Waals surface area contributed by atoms with Crippen molar-refractivity contribution in [1.29, 1.82) is 0 Å². The SMILES string of the molecule is C=C(C)C1CC(c2nnco2)C1. The van der Waals surface area contributed by atoms with E-state index in [4.69, 9.17) is 4.42 Å². The third kappa shape index (κ3) is 1.15. The molecule has 0 radical (unpaired) electrons. The first-order valence-electron chi connectivity index (χ1n) is 4.19. The second-order valence-corrected chi connectivity index (χ2v) is 3.49. The van der Waals surface area contributed by atoms with E-state index in [-0.39, 0.29) is 0 Å². The summed E-state index contributed by atoms with van der Waals surface area (Å²) >= 11 is 0. The topological polar surface area (TPSA) is 38.9 Å². The second-order valence-electron chi connectivity index (χ2n) is 3.49. The van der Waals surface area contributed by atoms with Crippen molar-refractivity contribution in [3.63, 3.8) is 0 Å². The summed E-state index contributed by atoms with van der Waals surface area (Å²) in [5.41, 5.74) is 1.27. The molecule has 0 saturated heterocycles. The van der Waals surface area contributed by atoms with Crippen molar-refractivity contribution < 1.29 is 4.42 Å². The van der Waals surface area contributed by atoms with E-state index in [1.54, 1.807) is 0 Å². The highest BCUT2D eigenvalue weighted by Crippen LogP contribution is 2.43. The number of nitrogens with zero attached hydrogens (tertiary/aromatic N) is 2. The molecule has 1 aromatic heterocycles. The Balaban J connectivity index is 1.94. The van der Waals surface area contributed by atoms with Gasteiger partial charge >= 0.3 is 0 Å². The molecule has 0 amide bonds. The molecule has 0 aliphatic heterocycles. The Morgan fingerprint density at radius 2 is 2.42 bits per heavy atom. The Morgan fingerprint density at radius 1 is 1.67 bits per heavy atom. The minimum absolute atomic E-state index is 0.481. The molecule has 1 fully saturated rings. The van der Waals surface area contributed by atoms with Crippen LogP contribution in [0.3, 0.4) is 0 Å². The Kier molecular flexibility index (Phi) is 1.71. The molecule has 3 heteroatoms. The van der Waals surface area contributed by atoms with Gasteiger partial charge < -0.3 is 4.42 Å². The standard InChI is InChI=1S/C9H12N2O/c1-6(2)7-3-8(4-7)9-11-10-5-12-9/h5,7-8H,1,3-4H2,2H3. The molecule has 12 heavy (non-hydrogen) atoms. The molecular weight excluding hydrogens is 152 g/mol. The predicted octanol–water partition coefficient (Wildman–Crippen LogP) is 2.14. The zero-order valence-electron chi connectivity index (χ0n) is 7.16. The van der Waals surface area contributed by atoms with Crippen LogP contribution >= 0.6 is 0 Å². The normalized spacial score (nSPS) is 28.1. The van der Waals surface area contributed by atoms with Crippen LogP contribution in [0.1, 0.15) is 31.6 Å². The van der Waals surface area contributed by atoms with Gasteiger partial charge in [0.05, 0.1) is 0 Å². The summed E-state index contributed by atoms with van der Waals surface area (Å²) in [5.74, 6) is 1.93. The van der Waals surface area contributed by atoms with Gasteiger partial charge in [0.15, 0.2) is 0 Å². The highest BCUT2D eigenvalue weighted by atomic mass is 16.4. The van der Waals surface area contributed by atoms with Crippen LogP contribution in [0, 0.1) is 5.92 Å². The maximum absolute atomic E-state index is 5.11. The van der Waals surface area contributed by atoms with E-state index in [1.807, 2.05) is 0 Å². The molecular formula is C9H12N2O. The van der Waals surface area contributed by atoms with Gasteiger partial charge in [0.25, 0.3) is 0 Å². The maximum Gasteiger partial charge on any atom is 0.219 e. The largest absolute Gasteiger partial charge is 0.428 e. The average molecular weight is 164 g/mol. The summed E-state index contributed by atoms with van der Waals surface area (Å²) in [6.45, 7) is 6.00. The van der Waals surface area contributed by atoms with Crippen molar-refractivity contribution in [2.24, 2.45) is 5.92 Å². The quantitative estimate of drug-likeness (QED) is 0.628. The van der Waals surface area contributed by atoms with Gasteiger partial charge in [-0.05, 0) is 25.7 Å². The number of rotatable bonds is 2. The lowest BCUT2D eigenvalue weighted by molar-refractivity contribution is 0.260. The molecule has 0 aromatic carbocycles. The highest BCUT2D eigenvalue weighted by molar-refractivity contribution is 5.09. The molecule has 3 nitrogen and oxygen atoms in total. The van der Waals surface area contributed by atoms with Crippen molar-refractivity contribution in [2.45, 2.75) is 25.7 Å². The number of hydrogen-bond donors (Lipinski definition) is 0. The van der Waals surface area contributed by atoms with Crippen molar-refractivity contribution in [2.75, 3.05) is 0 Å². The molecule has 1 saturated carbocycles. The Hall–Kier alpha value is -1.12. The van der Waals surface area contributed by atoms with Gasteiger partial charge in [0.1, 0.15) is 0 Å². The van der Waals surface area contributed by atoms with Crippen molar-refractivity contribution >= 4 is 0 Å². The van der Waals surface area contributed by atoms with E-state index in [1.165, 1.54) is 12.0 Å². The zero-order valence-corrected chi connectivity index (χ0v) is 7.16. The van der Waals surface area contributed by atoms with Crippen LogP contribution in [0.5, 0.6) is 0 Å². The lowest BCUT2D eigenvalue weighted by Gasteiger charge is -2.33. The summed E-state index contributed by atoms with van der Waals surface area (Å²) in [7, 11) is 0. The number of hydrogen-bond acceptors (Lipinski definition) is 3. The first-order chi connectivity index (χ1) is 5.77. The van der Waals surface area contributed by atoms with E-state index in [0.29, 0.717) is 11.8 Å². The molecule has 0 bridgehead atoms. The summed E-state index contributed by atoms with van der Waals surface area (Å²) in [6, 6.07) is 0.